The van der Waals surface area contributed by atoms with Crippen LogP contribution in [0.4, 0.5) is 0 Å². The number of aliphatic carboxylic acids is 1. The number of hydrogen-bond donors (Lipinski definition) is 2. The minimum atomic E-state index is -1.10. The van der Waals surface area contributed by atoms with Gasteiger partial charge in [0, 0.05) is 6.54 Å². The Morgan fingerprint density at radius 1 is 1.28 bits per heavy atom. The highest BCUT2D eigenvalue weighted by Gasteiger charge is 2.19. The fourth-order valence-corrected chi connectivity index (χ4v) is 1.55. The molecule has 0 heterocycles. The molecule has 0 spiro atoms. The Kier molecular flexibility index (Phi) is 4.89. The summed E-state index contributed by atoms with van der Waals surface area (Å²) in [6, 6.07) is 6.16. The van der Waals surface area contributed by atoms with Crippen LogP contribution in [0.2, 0.25) is 0 Å². The smallest absolute Gasteiger partial charge is 0.315 e. The van der Waals surface area contributed by atoms with E-state index in [9.17, 15) is 9.59 Å². The second kappa shape index (κ2) is 6.19. The lowest BCUT2D eigenvalue weighted by molar-refractivity contribution is -0.146. The van der Waals surface area contributed by atoms with E-state index in [0.717, 1.165) is 5.56 Å². The minimum absolute atomic E-state index is 0.439. The molecular weight excluding hydrogens is 230 g/mol. The molecule has 2 N–H and O–H groups in total. The molecule has 98 valence electrons. The van der Waals surface area contributed by atoms with Crippen LogP contribution in [0.25, 0.3) is 0 Å². The lowest BCUT2D eigenvalue weighted by Crippen LogP contribution is -2.34. The van der Waals surface area contributed by atoms with Gasteiger partial charge >= 0.3 is 5.97 Å². The number of carboxylic acids is 1. The number of carbonyl (C=O) groups excluding carboxylic acids is 1. The Morgan fingerprint density at radius 3 is 2.50 bits per heavy atom. The van der Waals surface area contributed by atoms with Crippen LogP contribution in [0.15, 0.2) is 18.2 Å². The molecule has 1 aromatic carbocycles. The summed E-state index contributed by atoms with van der Waals surface area (Å²) in [7, 11) is 0. The van der Waals surface area contributed by atoms with Gasteiger partial charge in [0.15, 0.2) is 0 Å². The quantitative estimate of drug-likeness (QED) is 0.780. The Morgan fingerprint density at radius 2 is 1.94 bits per heavy atom. The Bertz CT molecular complexity index is 454. The third kappa shape index (κ3) is 3.87. The molecule has 0 aromatic heterocycles. The van der Waals surface area contributed by atoms with Crippen LogP contribution < -0.4 is 5.32 Å². The number of benzene rings is 1. The Balaban J connectivity index is 2.44. The zero-order valence-electron chi connectivity index (χ0n) is 11.0. The van der Waals surface area contributed by atoms with Crippen molar-refractivity contribution >= 4 is 11.9 Å². The molecule has 0 bridgehead atoms. The third-order valence-corrected chi connectivity index (χ3v) is 3.05. The minimum Gasteiger partial charge on any atom is -0.481 e. The van der Waals surface area contributed by atoms with Crippen LogP contribution in [0, 0.1) is 19.8 Å². The molecule has 0 aliphatic rings. The maximum Gasteiger partial charge on any atom is 0.315 e. The zero-order chi connectivity index (χ0) is 13.7. The van der Waals surface area contributed by atoms with Gasteiger partial charge in [0.2, 0.25) is 5.91 Å². The van der Waals surface area contributed by atoms with E-state index in [0.29, 0.717) is 13.0 Å². The molecule has 1 amide bonds. The van der Waals surface area contributed by atoms with Crippen molar-refractivity contribution in [3.8, 4) is 0 Å². The fraction of sp³-hybridized carbons (Fsp3) is 0.429. The number of nitrogens with one attached hydrogen (secondary N) is 1. The molecule has 1 rings (SSSR count). The van der Waals surface area contributed by atoms with Crippen LogP contribution in [-0.4, -0.2) is 23.5 Å². The van der Waals surface area contributed by atoms with Crippen LogP contribution in [0.3, 0.4) is 0 Å². The van der Waals surface area contributed by atoms with Crippen LogP contribution in [0.5, 0.6) is 0 Å². The van der Waals surface area contributed by atoms with E-state index in [-0.39, 0.29) is 0 Å². The van der Waals surface area contributed by atoms with Crippen LogP contribution in [-0.2, 0) is 16.0 Å². The van der Waals surface area contributed by atoms with Gasteiger partial charge in [-0.3, -0.25) is 9.59 Å². The van der Waals surface area contributed by atoms with Crippen molar-refractivity contribution in [2.75, 3.05) is 6.54 Å². The molecule has 0 radical (unpaired) electrons. The maximum absolute atomic E-state index is 11.4. The van der Waals surface area contributed by atoms with Gasteiger partial charge in [-0.1, -0.05) is 18.2 Å². The number of amides is 1. The molecular formula is C14H19NO3. The lowest BCUT2D eigenvalue weighted by atomic mass is 10.0. The summed E-state index contributed by atoms with van der Waals surface area (Å²) in [5.74, 6) is -2.53. The van der Waals surface area contributed by atoms with E-state index in [2.05, 4.69) is 18.3 Å². The first kappa shape index (κ1) is 14.2. The number of carboxylic acid groups (broad SMARTS) is 1. The van der Waals surface area contributed by atoms with Crippen molar-refractivity contribution in [3.05, 3.63) is 34.9 Å². The molecule has 0 aliphatic heterocycles. The lowest BCUT2D eigenvalue weighted by Gasteiger charge is -2.09. The van der Waals surface area contributed by atoms with Gasteiger partial charge in [-0.15, -0.1) is 0 Å². The van der Waals surface area contributed by atoms with Crippen molar-refractivity contribution < 1.29 is 14.7 Å². The highest BCUT2D eigenvalue weighted by atomic mass is 16.4. The summed E-state index contributed by atoms with van der Waals surface area (Å²) in [5.41, 5.74) is 3.60. The van der Waals surface area contributed by atoms with Gasteiger partial charge < -0.3 is 10.4 Å². The molecule has 0 aliphatic carbocycles. The molecule has 0 fully saturated rings. The number of rotatable bonds is 5. The van der Waals surface area contributed by atoms with Crippen LogP contribution in [0.1, 0.15) is 23.6 Å². The number of hydrogen-bond acceptors (Lipinski definition) is 2. The molecule has 0 saturated carbocycles. The first-order valence-electron chi connectivity index (χ1n) is 5.98. The van der Waals surface area contributed by atoms with E-state index in [4.69, 9.17) is 5.11 Å². The molecule has 0 saturated heterocycles. The summed E-state index contributed by atoms with van der Waals surface area (Å²) in [5, 5.41) is 11.3. The highest BCUT2D eigenvalue weighted by molar-refractivity contribution is 5.96. The van der Waals surface area contributed by atoms with E-state index >= 15 is 0 Å². The predicted molar refractivity (Wildman–Crippen MR) is 69.4 cm³/mol. The summed E-state index contributed by atoms with van der Waals surface area (Å²) in [4.78, 5) is 22.0. The Labute approximate surface area is 107 Å². The number of aryl methyl sites for hydroxylation is 2. The predicted octanol–water partition coefficient (Wildman–Crippen LogP) is 1.68. The summed E-state index contributed by atoms with van der Waals surface area (Å²) < 4.78 is 0. The fourth-order valence-electron chi connectivity index (χ4n) is 1.55. The molecule has 1 atom stereocenters. The third-order valence-electron chi connectivity index (χ3n) is 3.05. The topological polar surface area (TPSA) is 66.4 Å². The first-order valence-corrected chi connectivity index (χ1v) is 5.98. The van der Waals surface area contributed by atoms with Gasteiger partial charge in [-0.05, 0) is 43.9 Å². The van der Waals surface area contributed by atoms with Gasteiger partial charge in [-0.25, -0.2) is 0 Å². The normalized spacial score (nSPS) is 11.9. The molecule has 1 unspecified atom stereocenters. The monoisotopic (exact) mass is 249 g/mol. The average Bonchev–Trinajstić information content (AvgIpc) is 2.32. The van der Waals surface area contributed by atoms with Crippen molar-refractivity contribution in [1.29, 1.82) is 0 Å². The molecule has 18 heavy (non-hydrogen) atoms. The largest absolute Gasteiger partial charge is 0.481 e. The van der Waals surface area contributed by atoms with E-state index in [1.165, 1.54) is 18.1 Å². The van der Waals surface area contributed by atoms with E-state index < -0.39 is 17.8 Å². The van der Waals surface area contributed by atoms with E-state index in [1.54, 1.807) is 0 Å². The number of carbonyl (C=O) groups is 2. The van der Waals surface area contributed by atoms with Crippen molar-refractivity contribution in [2.24, 2.45) is 5.92 Å². The second-order valence-corrected chi connectivity index (χ2v) is 4.52. The van der Waals surface area contributed by atoms with Gasteiger partial charge in [0.25, 0.3) is 0 Å². The second-order valence-electron chi connectivity index (χ2n) is 4.52. The SMILES string of the molecule is Cc1ccc(CCNC(=O)C(C)C(=O)O)cc1C. The first-order chi connectivity index (χ1) is 8.41. The van der Waals surface area contributed by atoms with Gasteiger partial charge in [0.1, 0.15) is 5.92 Å². The maximum atomic E-state index is 11.4. The van der Waals surface area contributed by atoms with Gasteiger partial charge in [0.05, 0.1) is 0 Å². The average molecular weight is 249 g/mol. The van der Waals surface area contributed by atoms with Crippen molar-refractivity contribution in [2.45, 2.75) is 27.2 Å². The standard InChI is InChI=1S/C14H19NO3/c1-9-4-5-12(8-10(9)2)6-7-15-13(16)11(3)14(17)18/h4-5,8,11H,6-7H2,1-3H3,(H,15,16)(H,17,18). The van der Waals surface area contributed by atoms with Crippen molar-refractivity contribution in [3.63, 3.8) is 0 Å². The zero-order valence-corrected chi connectivity index (χ0v) is 11.0. The molecule has 1 aromatic rings. The highest BCUT2D eigenvalue weighted by Crippen LogP contribution is 2.09. The molecule has 4 heteroatoms. The van der Waals surface area contributed by atoms with Gasteiger partial charge in [-0.2, -0.15) is 0 Å². The Hall–Kier alpha value is -1.84. The summed E-state index contributed by atoms with van der Waals surface area (Å²) in [6.45, 7) is 5.94. The summed E-state index contributed by atoms with van der Waals surface area (Å²) >= 11 is 0. The van der Waals surface area contributed by atoms with Crippen molar-refractivity contribution in [1.82, 2.24) is 5.32 Å². The van der Waals surface area contributed by atoms with E-state index in [1.807, 2.05) is 19.1 Å². The molecule has 4 nitrogen and oxygen atoms in total. The summed E-state index contributed by atoms with van der Waals surface area (Å²) in [6.07, 6.45) is 0.708. The van der Waals surface area contributed by atoms with Crippen LogP contribution >= 0.6 is 0 Å².